The van der Waals surface area contributed by atoms with Crippen LogP contribution in [0, 0.1) is 0 Å². The third-order valence-electron chi connectivity index (χ3n) is 3.80. The molecule has 1 unspecified atom stereocenters. The van der Waals surface area contributed by atoms with Gasteiger partial charge < -0.3 is 9.84 Å². The van der Waals surface area contributed by atoms with E-state index in [0.29, 0.717) is 17.8 Å². The molecule has 0 fully saturated rings. The SMILES string of the molecule is CCC(Cc1nc(-c2ccc3ccccc3c2)no1)NC. The van der Waals surface area contributed by atoms with Crippen molar-refractivity contribution in [2.75, 3.05) is 7.05 Å². The number of fused-ring (bicyclic) bond motifs is 1. The Hall–Kier alpha value is -2.20. The number of benzene rings is 2. The monoisotopic (exact) mass is 281 g/mol. The molecule has 1 atom stereocenters. The summed E-state index contributed by atoms with van der Waals surface area (Å²) in [6, 6.07) is 14.8. The third kappa shape index (κ3) is 2.95. The quantitative estimate of drug-likeness (QED) is 0.778. The summed E-state index contributed by atoms with van der Waals surface area (Å²) in [4.78, 5) is 4.51. The van der Waals surface area contributed by atoms with E-state index in [1.54, 1.807) is 0 Å². The number of nitrogens with one attached hydrogen (secondary N) is 1. The number of likely N-dealkylation sites (N-methyl/N-ethyl adjacent to an activating group) is 1. The molecule has 0 aliphatic heterocycles. The van der Waals surface area contributed by atoms with Crippen LogP contribution >= 0.6 is 0 Å². The van der Waals surface area contributed by atoms with E-state index in [-0.39, 0.29) is 0 Å². The molecule has 1 N–H and O–H groups in total. The molecular weight excluding hydrogens is 262 g/mol. The molecule has 0 saturated heterocycles. The van der Waals surface area contributed by atoms with Gasteiger partial charge in [0.05, 0.1) is 0 Å². The normalized spacial score (nSPS) is 12.7. The van der Waals surface area contributed by atoms with Crippen LogP contribution in [-0.2, 0) is 6.42 Å². The summed E-state index contributed by atoms with van der Waals surface area (Å²) < 4.78 is 5.36. The summed E-state index contributed by atoms with van der Waals surface area (Å²) >= 11 is 0. The highest BCUT2D eigenvalue weighted by Crippen LogP contribution is 2.22. The molecule has 4 nitrogen and oxygen atoms in total. The molecule has 1 aromatic heterocycles. The number of aromatic nitrogens is 2. The molecule has 4 heteroatoms. The fourth-order valence-electron chi connectivity index (χ4n) is 2.44. The van der Waals surface area contributed by atoms with Gasteiger partial charge in [0.1, 0.15) is 0 Å². The number of nitrogens with zero attached hydrogens (tertiary/aromatic N) is 2. The minimum atomic E-state index is 0.370. The maximum atomic E-state index is 5.36. The second kappa shape index (κ2) is 6.06. The summed E-state index contributed by atoms with van der Waals surface area (Å²) in [6.07, 6.45) is 1.79. The molecule has 21 heavy (non-hydrogen) atoms. The molecule has 0 saturated carbocycles. The van der Waals surface area contributed by atoms with Crippen molar-refractivity contribution >= 4 is 10.8 Å². The van der Waals surface area contributed by atoms with Crippen LogP contribution in [0.3, 0.4) is 0 Å². The summed E-state index contributed by atoms with van der Waals surface area (Å²) in [5.74, 6) is 1.33. The van der Waals surface area contributed by atoms with Crippen molar-refractivity contribution in [3.63, 3.8) is 0 Å². The van der Waals surface area contributed by atoms with Gasteiger partial charge in [0.25, 0.3) is 0 Å². The van der Waals surface area contributed by atoms with Gasteiger partial charge in [-0.1, -0.05) is 48.5 Å². The zero-order valence-electron chi connectivity index (χ0n) is 12.3. The Morgan fingerprint density at radius 3 is 2.71 bits per heavy atom. The second-order valence-electron chi connectivity index (χ2n) is 5.17. The molecule has 0 spiro atoms. The van der Waals surface area contributed by atoms with Crippen LogP contribution < -0.4 is 5.32 Å². The number of rotatable bonds is 5. The lowest BCUT2D eigenvalue weighted by Gasteiger charge is -2.09. The van der Waals surface area contributed by atoms with Crippen molar-refractivity contribution in [1.29, 1.82) is 0 Å². The lowest BCUT2D eigenvalue weighted by molar-refractivity contribution is 0.359. The van der Waals surface area contributed by atoms with Gasteiger partial charge in [-0.05, 0) is 30.3 Å². The largest absolute Gasteiger partial charge is 0.339 e. The Balaban J connectivity index is 1.87. The van der Waals surface area contributed by atoms with Crippen molar-refractivity contribution in [2.24, 2.45) is 0 Å². The first-order chi connectivity index (χ1) is 10.3. The Labute approximate surface area is 124 Å². The van der Waals surface area contributed by atoms with E-state index in [4.69, 9.17) is 4.52 Å². The van der Waals surface area contributed by atoms with E-state index in [9.17, 15) is 0 Å². The zero-order valence-corrected chi connectivity index (χ0v) is 12.3. The average Bonchev–Trinajstić information content (AvgIpc) is 3.00. The Morgan fingerprint density at radius 2 is 1.95 bits per heavy atom. The molecule has 0 bridgehead atoms. The molecular formula is C17H19N3O. The summed E-state index contributed by atoms with van der Waals surface area (Å²) in [6.45, 7) is 2.14. The predicted octanol–water partition coefficient (Wildman–Crippen LogP) is 3.43. The molecule has 0 amide bonds. The van der Waals surface area contributed by atoms with E-state index in [0.717, 1.165) is 18.4 Å². The molecule has 0 radical (unpaired) electrons. The lowest BCUT2D eigenvalue weighted by atomic mass is 10.1. The summed E-state index contributed by atoms with van der Waals surface area (Å²) in [5, 5.41) is 9.74. The fraction of sp³-hybridized carbons (Fsp3) is 0.294. The first-order valence-corrected chi connectivity index (χ1v) is 7.29. The molecule has 0 aliphatic rings. The number of hydrogen-bond acceptors (Lipinski definition) is 4. The van der Waals surface area contributed by atoms with Gasteiger partial charge in [0.2, 0.25) is 11.7 Å². The van der Waals surface area contributed by atoms with Crippen LogP contribution in [0.4, 0.5) is 0 Å². The minimum Gasteiger partial charge on any atom is -0.339 e. The number of hydrogen-bond donors (Lipinski definition) is 1. The molecule has 0 aliphatic carbocycles. The highest BCUT2D eigenvalue weighted by Gasteiger charge is 2.13. The van der Waals surface area contributed by atoms with E-state index >= 15 is 0 Å². The van der Waals surface area contributed by atoms with Gasteiger partial charge in [0.15, 0.2) is 0 Å². The standard InChI is InChI=1S/C17H19N3O/c1-3-15(18-2)11-16-19-17(20-21-16)14-9-8-12-6-4-5-7-13(12)10-14/h4-10,15,18H,3,11H2,1-2H3. The van der Waals surface area contributed by atoms with Crippen molar-refractivity contribution in [1.82, 2.24) is 15.5 Å². The van der Waals surface area contributed by atoms with Crippen molar-refractivity contribution in [3.8, 4) is 11.4 Å². The molecule has 108 valence electrons. The van der Waals surface area contributed by atoms with Crippen LogP contribution in [0.5, 0.6) is 0 Å². The predicted molar refractivity (Wildman–Crippen MR) is 84.1 cm³/mol. The average molecular weight is 281 g/mol. The van der Waals surface area contributed by atoms with E-state index in [2.05, 4.69) is 46.6 Å². The Kier molecular flexibility index (Phi) is 3.97. The molecule has 1 heterocycles. The van der Waals surface area contributed by atoms with E-state index in [1.165, 1.54) is 10.8 Å². The van der Waals surface area contributed by atoms with Crippen LogP contribution in [0.25, 0.3) is 22.2 Å². The van der Waals surface area contributed by atoms with Crippen LogP contribution in [0.15, 0.2) is 47.0 Å². The first kappa shape index (κ1) is 13.8. The summed E-state index contributed by atoms with van der Waals surface area (Å²) in [5.41, 5.74) is 0.987. The van der Waals surface area contributed by atoms with Crippen LogP contribution in [-0.4, -0.2) is 23.2 Å². The van der Waals surface area contributed by atoms with Crippen molar-refractivity contribution < 1.29 is 4.52 Å². The topological polar surface area (TPSA) is 51.0 Å². The molecule has 3 rings (SSSR count). The summed E-state index contributed by atoms with van der Waals surface area (Å²) in [7, 11) is 1.95. The highest BCUT2D eigenvalue weighted by atomic mass is 16.5. The Bertz CT molecular complexity index is 731. The van der Waals surface area contributed by atoms with Gasteiger partial charge in [-0.2, -0.15) is 4.98 Å². The first-order valence-electron chi connectivity index (χ1n) is 7.29. The third-order valence-corrected chi connectivity index (χ3v) is 3.80. The van der Waals surface area contributed by atoms with Crippen LogP contribution in [0.2, 0.25) is 0 Å². The van der Waals surface area contributed by atoms with Gasteiger partial charge in [0, 0.05) is 18.0 Å². The van der Waals surface area contributed by atoms with E-state index in [1.807, 2.05) is 25.2 Å². The molecule has 3 aromatic rings. The second-order valence-corrected chi connectivity index (χ2v) is 5.17. The molecule has 2 aromatic carbocycles. The minimum absolute atomic E-state index is 0.370. The van der Waals surface area contributed by atoms with Gasteiger partial charge in [-0.15, -0.1) is 0 Å². The van der Waals surface area contributed by atoms with Gasteiger partial charge in [-0.25, -0.2) is 0 Å². The lowest BCUT2D eigenvalue weighted by Crippen LogP contribution is -2.26. The van der Waals surface area contributed by atoms with Crippen LogP contribution in [0.1, 0.15) is 19.2 Å². The maximum absolute atomic E-state index is 5.36. The van der Waals surface area contributed by atoms with Crippen molar-refractivity contribution in [2.45, 2.75) is 25.8 Å². The van der Waals surface area contributed by atoms with E-state index < -0.39 is 0 Å². The fourth-order valence-corrected chi connectivity index (χ4v) is 2.44. The Morgan fingerprint density at radius 1 is 1.14 bits per heavy atom. The van der Waals surface area contributed by atoms with Gasteiger partial charge in [-0.3, -0.25) is 0 Å². The maximum Gasteiger partial charge on any atom is 0.228 e. The van der Waals surface area contributed by atoms with Crippen molar-refractivity contribution in [3.05, 3.63) is 48.4 Å². The smallest absolute Gasteiger partial charge is 0.228 e. The zero-order chi connectivity index (χ0) is 14.7. The highest BCUT2D eigenvalue weighted by molar-refractivity contribution is 5.86. The van der Waals surface area contributed by atoms with Gasteiger partial charge >= 0.3 is 0 Å².